The third kappa shape index (κ3) is 6.38. The van der Waals surface area contributed by atoms with Crippen molar-refractivity contribution in [2.45, 2.75) is 38.8 Å². The third-order valence-electron chi connectivity index (χ3n) is 6.32. The Hall–Kier alpha value is -3.88. The molecule has 1 amide bonds. The lowest BCUT2D eigenvalue weighted by Crippen LogP contribution is -2.40. The second-order valence-electron chi connectivity index (χ2n) is 8.88. The molecule has 2 aromatic carbocycles. The molecule has 2 heterocycles. The number of likely N-dealkylation sites (tertiary alicyclic amines) is 1. The number of carboxylic acid groups (broad SMARTS) is 2. The van der Waals surface area contributed by atoms with Crippen molar-refractivity contribution in [1.29, 1.82) is 0 Å². The molecule has 1 aliphatic heterocycles. The van der Waals surface area contributed by atoms with Gasteiger partial charge in [-0.3, -0.25) is 4.79 Å². The Morgan fingerprint density at radius 1 is 0.886 bits per heavy atom. The van der Waals surface area contributed by atoms with Crippen LogP contribution in [0.25, 0.3) is 11.0 Å². The predicted molar refractivity (Wildman–Crippen MR) is 128 cm³/mol. The number of aliphatic carboxylic acids is 2. The quantitative estimate of drug-likeness (QED) is 0.520. The van der Waals surface area contributed by atoms with Crippen molar-refractivity contribution < 1.29 is 29.3 Å². The predicted octanol–water partition coefficient (Wildman–Crippen LogP) is 3.42. The fourth-order valence-corrected chi connectivity index (χ4v) is 4.29. The van der Waals surface area contributed by atoms with Crippen LogP contribution in [0.1, 0.15) is 31.5 Å². The van der Waals surface area contributed by atoms with E-state index in [4.69, 9.17) is 29.5 Å². The number of ether oxygens (including phenoxy) is 1. The molecule has 5 rings (SSSR count). The summed E-state index contributed by atoms with van der Waals surface area (Å²) < 4.78 is 8.32. The molecule has 0 radical (unpaired) electrons. The van der Waals surface area contributed by atoms with Gasteiger partial charge in [0.25, 0.3) is 0 Å². The maximum Gasteiger partial charge on any atom is 0.414 e. The average Bonchev–Trinajstić information content (AvgIpc) is 3.67. The van der Waals surface area contributed by atoms with Crippen LogP contribution in [0.15, 0.2) is 54.6 Å². The monoisotopic (exact) mass is 479 g/mol. The van der Waals surface area contributed by atoms with Gasteiger partial charge in [-0.15, -0.1) is 0 Å². The summed E-state index contributed by atoms with van der Waals surface area (Å²) in [5.41, 5.74) is 2.18. The van der Waals surface area contributed by atoms with Crippen LogP contribution in [0, 0.1) is 11.8 Å². The molecule has 9 heteroatoms. The van der Waals surface area contributed by atoms with Gasteiger partial charge in [0.1, 0.15) is 18.2 Å². The molecule has 3 aromatic rings. The minimum Gasteiger partial charge on any atom is -0.486 e. The van der Waals surface area contributed by atoms with Crippen LogP contribution in [-0.2, 0) is 27.5 Å². The molecule has 35 heavy (non-hydrogen) atoms. The molecule has 184 valence electrons. The zero-order valence-electron chi connectivity index (χ0n) is 19.4. The summed E-state index contributed by atoms with van der Waals surface area (Å²) in [7, 11) is 0. The average molecular weight is 480 g/mol. The van der Waals surface area contributed by atoms with Crippen molar-refractivity contribution in [2.75, 3.05) is 13.1 Å². The number of nitrogens with zero attached hydrogens (tertiary/aromatic N) is 3. The lowest BCUT2D eigenvalue weighted by Gasteiger charge is -2.32. The largest absolute Gasteiger partial charge is 0.486 e. The Kier molecular flexibility index (Phi) is 7.64. The highest BCUT2D eigenvalue weighted by atomic mass is 16.5. The van der Waals surface area contributed by atoms with Gasteiger partial charge in [-0.2, -0.15) is 0 Å². The van der Waals surface area contributed by atoms with Gasteiger partial charge in [0.2, 0.25) is 5.91 Å². The lowest BCUT2D eigenvalue weighted by atomic mass is 9.96. The second kappa shape index (κ2) is 11.0. The van der Waals surface area contributed by atoms with Gasteiger partial charge in [-0.25, -0.2) is 14.6 Å². The molecule has 2 fully saturated rings. The fraction of sp³-hybridized carbons (Fsp3) is 0.385. The normalized spacial score (nSPS) is 15.8. The lowest BCUT2D eigenvalue weighted by molar-refractivity contribution is -0.159. The Labute approximate surface area is 202 Å². The molecule has 0 bridgehead atoms. The number of benzene rings is 2. The van der Waals surface area contributed by atoms with E-state index >= 15 is 0 Å². The number of amides is 1. The first-order valence-electron chi connectivity index (χ1n) is 11.8. The molecule has 0 atom stereocenters. The van der Waals surface area contributed by atoms with Crippen LogP contribution in [-0.4, -0.2) is 55.6 Å². The summed E-state index contributed by atoms with van der Waals surface area (Å²) in [4.78, 5) is 37.5. The van der Waals surface area contributed by atoms with Crippen molar-refractivity contribution in [3.05, 3.63) is 60.4 Å². The van der Waals surface area contributed by atoms with E-state index in [2.05, 4.69) is 27.7 Å². The minimum atomic E-state index is -1.82. The number of para-hydroxylation sites is 3. The van der Waals surface area contributed by atoms with E-state index in [1.165, 1.54) is 0 Å². The van der Waals surface area contributed by atoms with E-state index in [0.29, 0.717) is 24.3 Å². The van der Waals surface area contributed by atoms with Gasteiger partial charge in [-0.05, 0) is 55.9 Å². The van der Waals surface area contributed by atoms with Crippen LogP contribution >= 0.6 is 0 Å². The first kappa shape index (κ1) is 24.3. The summed E-state index contributed by atoms with van der Waals surface area (Å²) >= 11 is 0. The third-order valence-corrected chi connectivity index (χ3v) is 6.32. The molecule has 0 spiro atoms. The highest BCUT2D eigenvalue weighted by Gasteiger charge is 2.35. The van der Waals surface area contributed by atoms with Crippen LogP contribution < -0.4 is 4.74 Å². The maximum absolute atomic E-state index is 12.3. The molecule has 2 aliphatic rings. The number of fused-ring (bicyclic) bond motifs is 1. The highest BCUT2D eigenvalue weighted by Crippen LogP contribution is 2.33. The molecule has 2 N–H and O–H groups in total. The SMILES string of the molecule is O=C(C1CC1)N1CCC(Cn2c(COc3ccccc3)nc3ccccc32)CC1.O=C(O)C(=O)O. The van der Waals surface area contributed by atoms with E-state index < -0.39 is 11.9 Å². The number of aromatic nitrogens is 2. The number of rotatable bonds is 6. The summed E-state index contributed by atoms with van der Waals surface area (Å²) in [5.74, 6) is -0.555. The summed E-state index contributed by atoms with van der Waals surface area (Å²) in [5, 5.41) is 14.8. The van der Waals surface area contributed by atoms with Crippen molar-refractivity contribution in [2.24, 2.45) is 11.8 Å². The molecular weight excluding hydrogens is 450 g/mol. The maximum atomic E-state index is 12.3. The van der Waals surface area contributed by atoms with Crippen molar-refractivity contribution in [3.8, 4) is 5.75 Å². The van der Waals surface area contributed by atoms with Crippen LogP contribution in [0.2, 0.25) is 0 Å². The van der Waals surface area contributed by atoms with Gasteiger partial charge in [0.15, 0.2) is 0 Å². The zero-order valence-corrected chi connectivity index (χ0v) is 19.4. The van der Waals surface area contributed by atoms with Crippen molar-refractivity contribution in [1.82, 2.24) is 14.5 Å². The first-order chi connectivity index (χ1) is 16.9. The van der Waals surface area contributed by atoms with E-state index in [1.807, 2.05) is 36.4 Å². The van der Waals surface area contributed by atoms with Gasteiger partial charge in [0.05, 0.1) is 11.0 Å². The highest BCUT2D eigenvalue weighted by molar-refractivity contribution is 6.27. The number of carboxylic acids is 2. The molecule has 9 nitrogen and oxygen atoms in total. The summed E-state index contributed by atoms with van der Waals surface area (Å²) in [6, 6.07) is 18.2. The number of carbonyl (C=O) groups excluding carboxylic acids is 1. The number of hydrogen-bond acceptors (Lipinski definition) is 5. The van der Waals surface area contributed by atoms with Crippen molar-refractivity contribution >= 4 is 28.9 Å². The number of piperidine rings is 1. The van der Waals surface area contributed by atoms with E-state index in [1.54, 1.807) is 0 Å². The smallest absolute Gasteiger partial charge is 0.414 e. The Morgan fingerprint density at radius 3 is 2.14 bits per heavy atom. The van der Waals surface area contributed by atoms with E-state index in [0.717, 1.165) is 67.9 Å². The fourth-order valence-electron chi connectivity index (χ4n) is 4.29. The molecule has 1 saturated heterocycles. The number of imidazole rings is 1. The van der Waals surface area contributed by atoms with Crippen LogP contribution in [0.4, 0.5) is 0 Å². The standard InChI is InChI=1S/C24H27N3O2.C2H2O4/c28-24(19-10-11-19)26-14-12-18(13-15-26)16-27-22-9-5-4-8-21(22)25-23(27)17-29-20-6-2-1-3-7-20;3-1(4)2(5)6/h1-9,18-19H,10-17H2;(H,3,4)(H,5,6). The molecule has 1 aliphatic carbocycles. The van der Waals surface area contributed by atoms with E-state index in [-0.39, 0.29) is 0 Å². The number of carbonyl (C=O) groups is 3. The Balaban J connectivity index is 0.000000431. The van der Waals surface area contributed by atoms with Gasteiger partial charge in [-0.1, -0.05) is 30.3 Å². The van der Waals surface area contributed by atoms with Crippen molar-refractivity contribution in [3.63, 3.8) is 0 Å². The van der Waals surface area contributed by atoms with Crippen LogP contribution in [0.3, 0.4) is 0 Å². The van der Waals surface area contributed by atoms with Gasteiger partial charge < -0.3 is 24.4 Å². The molecule has 1 saturated carbocycles. The summed E-state index contributed by atoms with van der Waals surface area (Å²) in [6.07, 6.45) is 4.29. The molecular formula is C26H29N3O6. The van der Waals surface area contributed by atoms with Crippen LogP contribution in [0.5, 0.6) is 5.75 Å². The summed E-state index contributed by atoms with van der Waals surface area (Å²) in [6.45, 7) is 3.17. The molecule has 0 unspecified atom stereocenters. The topological polar surface area (TPSA) is 122 Å². The number of hydrogen-bond donors (Lipinski definition) is 2. The zero-order chi connectivity index (χ0) is 24.8. The van der Waals surface area contributed by atoms with Gasteiger partial charge >= 0.3 is 11.9 Å². The van der Waals surface area contributed by atoms with E-state index in [9.17, 15) is 4.79 Å². The Morgan fingerprint density at radius 2 is 1.51 bits per heavy atom. The minimum absolute atomic E-state index is 0.325. The molecule has 1 aromatic heterocycles. The van der Waals surface area contributed by atoms with Gasteiger partial charge in [0, 0.05) is 25.6 Å². The Bertz CT molecular complexity index is 1170. The second-order valence-corrected chi connectivity index (χ2v) is 8.88. The first-order valence-corrected chi connectivity index (χ1v) is 11.8.